The first kappa shape index (κ1) is 12.9. The maximum absolute atomic E-state index is 12.6. The van der Waals surface area contributed by atoms with Gasteiger partial charge in [-0.05, 0) is 51.0 Å². The van der Waals surface area contributed by atoms with Gasteiger partial charge in [-0.25, -0.2) is 0 Å². The fourth-order valence-electron chi connectivity index (χ4n) is 3.10. The molecule has 2 aliphatic heterocycles. The van der Waals surface area contributed by atoms with Crippen molar-refractivity contribution in [3.8, 4) is 0 Å². The van der Waals surface area contributed by atoms with Crippen LogP contribution in [0.1, 0.15) is 46.5 Å². The zero-order valence-electron chi connectivity index (χ0n) is 11.5. The number of hydrogen-bond donors (Lipinski definition) is 1. The van der Waals surface area contributed by atoms with Crippen LogP contribution in [0, 0.1) is 11.8 Å². The molecule has 0 aromatic carbocycles. The van der Waals surface area contributed by atoms with Crippen LogP contribution in [-0.2, 0) is 4.79 Å². The summed E-state index contributed by atoms with van der Waals surface area (Å²) in [6, 6.07) is 0. The number of rotatable bonds is 2. The molecule has 0 bridgehead atoms. The van der Waals surface area contributed by atoms with Crippen LogP contribution in [0.3, 0.4) is 0 Å². The van der Waals surface area contributed by atoms with Crippen molar-refractivity contribution in [2.45, 2.75) is 52.0 Å². The number of nitrogens with one attached hydrogen (secondary N) is 1. The van der Waals surface area contributed by atoms with Gasteiger partial charge in [0.2, 0.25) is 5.91 Å². The second kappa shape index (κ2) is 4.97. The van der Waals surface area contributed by atoms with Gasteiger partial charge in [0.25, 0.3) is 0 Å². The van der Waals surface area contributed by atoms with E-state index in [9.17, 15) is 4.79 Å². The first-order chi connectivity index (χ1) is 8.03. The molecule has 2 aliphatic rings. The van der Waals surface area contributed by atoms with Crippen LogP contribution in [0.5, 0.6) is 0 Å². The average molecular weight is 238 g/mol. The molecule has 0 aromatic rings. The SMILES string of the molecule is CC(C)C1CCN(C(=O)C2(C)CCCCN2)C1. The van der Waals surface area contributed by atoms with Crippen LogP contribution in [0.2, 0.25) is 0 Å². The lowest BCUT2D eigenvalue weighted by atomic mass is 9.89. The normalized spacial score (nSPS) is 34.4. The first-order valence-corrected chi connectivity index (χ1v) is 7.07. The van der Waals surface area contributed by atoms with E-state index in [1.807, 2.05) is 0 Å². The quantitative estimate of drug-likeness (QED) is 0.798. The lowest BCUT2D eigenvalue weighted by molar-refractivity contribution is -0.137. The van der Waals surface area contributed by atoms with E-state index in [4.69, 9.17) is 0 Å². The van der Waals surface area contributed by atoms with Crippen molar-refractivity contribution in [2.75, 3.05) is 19.6 Å². The summed E-state index contributed by atoms with van der Waals surface area (Å²) in [5, 5.41) is 3.42. The molecule has 3 nitrogen and oxygen atoms in total. The third kappa shape index (κ3) is 2.65. The van der Waals surface area contributed by atoms with E-state index in [2.05, 4.69) is 31.0 Å². The average Bonchev–Trinajstić information content (AvgIpc) is 2.78. The summed E-state index contributed by atoms with van der Waals surface area (Å²) in [4.78, 5) is 14.6. The topological polar surface area (TPSA) is 32.3 Å². The van der Waals surface area contributed by atoms with Crippen LogP contribution in [-0.4, -0.2) is 36.0 Å². The predicted molar refractivity (Wildman–Crippen MR) is 69.8 cm³/mol. The molecule has 17 heavy (non-hydrogen) atoms. The van der Waals surface area contributed by atoms with Crippen molar-refractivity contribution in [3.05, 3.63) is 0 Å². The molecular weight excluding hydrogens is 212 g/mol. The molecule has 2 atom stereocenters. The summed E-state index contributed by atoms with van der Waals surface area (Å²) >= 11 is 0. The Morgan fingerprint density at radius 2 is 2.18 bits per heavy atom. The van der Waals surface area contributed by atoms with E-state index in [1.165, 1.54) is 19.3 Å². The second-order valence-corrected chi connectivity index (χ2v) is 6.26. The van der Waals surface area contributed by atoms with Crippen molar-refractivity contribution in [1.82, 2.24) is 10.2 Å². The highest BCUT2D eigenvalue weighted by atomic mass is 16.2. The van der Waals surface area contributed by atoms with Gasteiger partial charge in [-0.3, -0.25) is 4.79 Å². The third-order valence-electron chi connectivity index (χ3n) is 4.55. The Hall–Kier alpha value is -0.570. The number of hydrogen-bond acceptors (Lipinski definition) is 2. The fraction of sp³-hybridized carbons (Fsp3) is 0.929. The molecule has 0 radical (unpaired) electrons. The summed E-state index contributed by atoms with van der Waals surface area (Å²) in [7, 11) is 0. The molecule has 2 heterocycles. The van der Waals surface area contributed by atoms with E-state index < -0.39 is 0 Å². The molecule has 0 saturated carbocycles. The van der Waals surface area contributed by atoms with Gasteiger partial charge < -0.3 is 10.2 Å². The molecular formula is C14H26N2O. The number of nitrogens with zero attached hydrogens (tertiary/aromatic N) is 1. The summed E-state index contributed by atoms with van der Waals surface area (Å²) in [6.45, 7) is 9.52. The lowest BCUT2D eigenvalue weighted by Crippen LogP contribution is -2.57. The smallest absolute Gasteiger partial charge is 0.242 e. The van der Waals surface area contributed by atoms with E-state index in [0.29, 0.717) is 17.7 Å². The van der Waals surface area contributed by atoms with Gasteiger partial charge >= 0.3 is 0 Å². The van der Waals surface area contributed by atoms with Crippen LogP contribution in [0.25, 0.3) is 0 Å². The standard InChI is InChI=1S/C14H26N2O/c1-11(2)12-6-9-16(10-12)13(17)14(3)7-4-5-8-15-14/h11-12,15H,4-10H2,1-3H3. The Kier molecular flexibility index (Phi) is 3.76. The van der Waals surface area contributed by atoms with Crippen molar-refractivity contribution in [2.24, 2.45) is 11.8 Å². The van der Waals surface area contributed by atoms with Crippen molar-refractivity contribution >= 4 is 5.91 Å². The highest BCUT2D eigenvalue weighted by molar-refractivity contribution is 5.86. The van der Waals surface area contributed by atoms with Gasteiger partial charge in [0.1, 0.15) is 0 Å². The number of amides is 1. The summed E-state index contributed by atoms with van der Waals surface area (Å²) < 4.78 is 0. The minimum absolute atomic E-state index is 0.288. The van der Waals surface area contributed by atoms with Crippen LogP contribution in [0.4, 0.5) is 0 Å². The van der Waals surface area contributed by atoms with E-state index in [1.54, 1.807) is 0 Å². The van der Waals surface area contributed by atoms with Crippen molar-refractivity contribution in [1.29, 1.82) is 0 Å². The first-order valence-electron chi connectivity index (χ1n) is 7.07. The van der Waals surface area contributed by atoms with Crippen LogP contribution < -0.4 is 5.32 Å². The number of carbonyl (C=O) groups excluding carboxylic acids is 1. The Balaban J connectivity index is 1.96. The van der Waals surface area contributed by atoms with Gasteiger partial charge in [-0.15, -0.1) is 0 Å². The number of piperidine rings is 1. The molecule has 0 spiro atoms. The van der Waals surface area contributed by atoms with E-state index >= 15 is 0 Å². The van der Waals surface area contributed by atoms with Crippen molar-refractivity contribution in [3.63, 3.8) is 0 Å². The molecule has 1 N–H and O–H groups in total. The van der Waals surface area contributed by atoms with Gasteiger partial charge in [0.15, 0.2) is 0 Å². The second-order valence-electron chi connectivity index (χ2n) is 6.26. The Morgan fingerprint density at radius 1 is 1.41 bits per heavy atom. The highest BCUT2D eigenvalue weighted by Gasteiger charge is 2.40. The Labute approximate surface area is 105 Å². The summed E-state index contributed by atoms with van der Waals surface area (Å²) in [5.74, 6) is 1.73. The fourth-order valence-corrected chi connectivity index (χ4v) is 3.10. The minimum Gasteiger partial charge on any atom is -0.341 e. The zero-order valence-corrected chi connectivity index (χ0v) is 11.5. The number of carbonyl (C=O) groups is 1. The molecule has 1 amide bonds. The van der Waals surface area contributed by atoms with Crippen LogP contribution in [0.15, 0.2) is 0 Å². The number of likely N-dealkylation sites (tertiary alicyclic amines) is 1. The molecule has 98 valence electrons. The lowest BCUT2D eigenvalue weighted by Gasteiger charge is -2.36. The maximum atomic E-state index is 12.6. The van der Waals surface area contributed by atoms with E-state index in [0.717, 1.165) is 26.1 Å². The molecule has 2 saturated heterocycles. The maximum Gasteiger partial charge on any atom is 0.242 e. The van der Waals surface area contributed by atoms with Gasteiger partial charge in [-0.1, -0.05) is 13.8 Å². The molecule has 0 aromatic heterocycles. The Morgan fingerprint density at radius 3 is 2.71 bits per heavy atom. The summed E-state index contributed by atoms with van der Waals surface area (Å²) in [5.41, 5.74) is -0.288. The van der Waals surface area contributed by atoms with Crippen molar-refractivity contribution < 1.29 is 4.79 Å². The minimum atomic E-state index is -0.288. The summed E-state index contributed by atoms with van der Waals surface area (Å²) in [6.07, 6.45) is 4.56. The molecule has 2 rings (SSSR count). The monoisotopic (exact) mass is 238 g/mol. The van der Waals surface area contributed by atoms with Crippen LogP contribution >= 0.6 is 0 Å². The predicted octanol–water partition coefficient (Wildman–Crippen LogP) is 2.02. The third-order valence-corrected chi connectivity index (χ3v) is 4.55. The largest absolute Gasteiger partial charge is 0.341 e. The van der Waals surface area contributed by atoms with Gasteiger partial charge in [0, 0.05) is 13.1 Å². The molecule has 3 heteroatoms. The molecule has 0 aliphatic carbocycles. The molecule has 2 fully saturated rings. The van der Waals surface area contributed by atoms with Gasteiger partial charge in [-0.2, -0.15) is 0 Å². The van der Waals surface area contributed by atoms with Gasteiger partial charge in [0.05, 0.1) is 5.54 Å². The zero-order chi connectivity index (χ0) is 12.5. The van der Waals surface area contributed by atoms with E-state index in [-0.39, 0.29) is 5.54 Å². The molecule has 2 unspecified atom stereocenters. The highest BCUT2D eigenvalue weighted by Crippen LogP contribution is 2.28. The Bertz CT molecular complexity index is 282.